The molecule has 0 bridgehead atoms. The first-order chi connectivity index (χ1) is 6.70. The second-order valence-electron chi connectivity index (χ2n) is 3.30. The van der Waals surface area contributed by atoms with Crippen molar-refractivity contribution in [2.24, 2.45) is 0 Å². The lowest BCUT2D eigenvalue weighted by atomic mass is 10.1. The smallest absolute Gasteiger partial charge is 0.0629 e. The zero-order valence-electron chi connectivity index (χ0n) is 8.91. The molecule has 0 saturated carbocycles. The van der Waals surface area contributed by atoms with Crippen LogP contribution in [-0.4, -0.2) is 14.1 Å². The molecule has 2 aromatic carbocycles. The molecule has 0 fully saturated rings. The molecule has 0 spiro atoms. The van der Waals surface area contributed by atoms with Gasteiger partial charge in [-0.15, -0.1) is 0 Å². The molecule has 0 amide bonds. The van der Waals surface area contributed by atoms with Crippen LogP contribution in [0.3, 0.4) is 0 Å². The van der Waals surface area contributed by atoms with Crippen LogP contribution in [0.1, 0.15) is 1.37 Å². The summed E-state index contributed by atoms with van der Waals surface area (Å²) in [5.41, 5.74) is 1.16. The second kappa shape index (κ2) is 3.09. The molecule has 13 heavy (non-hydrogen) atoms. The van der Waals surface area contributed by atoms with E-state index < -0.39 is 0 Å². The molecular formula is C12H13N. The van der Waals surface area contributed by atoms with Crippen molar-refractivity contribution in [2.45, 2.75) is 0 Å². The van der Waals surface area contributed by atoms with Crippen molar-refractivity contribution in [3.05, 3.63) is 42.4 Å². The molecule has 1 nitrogen and oxygen atoms in total. The maximum atomic E-state index is 7.78. The maximum absolute atomic E-state index is 7.78. The molecule has 66 valence electrons. The standard InChI is InChI=1S/C12H13N/c1-13(2)12-9-5-7-10-6-3-4-8-11(10)12/h3-9H,1-2H3/i6D. The van der Waals surface area contributed by atoms with Crippen molar-refractivity contribution >= 4 is 16.5 Å². The lowest BCUT2D eigenvalue weighted by molar-refractivity contribution is 1.14. The Morgan fingerprint density at radius 1 is 1.08 bits per heavy atom. The first-order valence-corrected chi connectivity index (χ1v) is 4.36. The zero-order valence-corrected chi connectivity index (χ0v) is 7.91. The molecule has 0 saturated heterocycles. The fourth-order valence-corrected chi connectivity index (χ4v) is 1.53. The van der Waals surface area contributed by atoms with Crippen LogP contribution in [0.15, 0.2) is 42.4 Å². The predicted molar refractivity (Wildman–Crippen MR) is 58.3 cm³/mol. The van der Waals surface area contributed by atoms with Gasteiger partial charge in [-0.2, -0.15) is 0 Å². The van der Waals surface area contributed by atoms with Gasteiger partial charge in [0, 0.05) is 25.2 Å². The van der Waals surface area contributed by atoms with Crippen molar-refractivity contribution in [2.75, 3.05) is 19.0 Å². The van der Waals surface area contributed by atoms with Crippen LogP contribution in [0, 0.1) is 0 Å². The third-order valence-corrected chi connectivity index (χ3v) is 2.16. The first kappa shape index (κ1) is 6.96. The molecule has 2 aromatic rings. The molecule has 0 aliphatic carbocycles. The van der Waals surface area contributed by atoms with E-state index in [9.17, 15) is 0 Å². The summed E-state index contributed by atoms with van der Waals surface area (Å²) in [5, 5.41) is 2.16. The third kappa shape index (κ3) is 1.37. The Balaban J connectivity index is 2.81. The molecule has 0 N–H and O–H groups in total. The van der Waals surface area contributed by atoms with E-state index in [1.165, 1.54) is 0 Å². The molecule has 0 aromatic heterocycles. The molecular weight excluding hydrogens is 158 g/mol. The average molecular weight is 172 g/mol. The van der Waals surface area contributed by atoms with E-state index in [0.717, 1.165) is 16.5 Å². The molecule has 0 unspecified atom stereocenters. The molecule has 0 heterocycles. The SMILES string of the molecule is [2H]c1cccc2c(N(C)C)cccc12. The Morgan fingerprint density at radius 2 is 1.92 bits per heavy atom. The van der Waals surface area contributed by atoms with E-state index in [-0.39, 0.29) is 0 Å². The van der Waals surface area contributed by atoms with Gasteiger partial charge in [0.1, 0.15) is 0 Å². The van der Waals surface area contributed by atoms with E-state index in [4.69, 9.17) is 1.37 Å². The second-order valence-corrected chi connectivity index (χ2v) is 3.30. The monoisotopic (exact) mass is 172 g/mol. The summed E-state index contributed by atoms with van der Waals surface area (Å²) in [6.07, 6.45) is 0. The fraction of sp³-hybridized carbons (Fsp3) is 0.167. The van der Waals surface area contributed by atoms with Crippen LogP contribution in [0.2, 0.25) is 0 Å². The minimum absolute atomic E-state index is 0.589. The number of anilines is 1. The van der Waals surface area contributed by atoms with Crippen molar-refractivity contribution in [1.29, 1.82) is 0 Å². The summed E-state index contributed by atoms with van der Waals surface area (Å²) < 4.78 is 7.78. The van der Waals surface area contributed by atoms with Crippen molar-refractivity contribution in [1.82, 2.24) is 0 Å². The summed E-state index contributed by atoms with van der Waals surface area (Å²) in [6, 6.07) is 12.5. The Bertz CT molecular complexity index is 463. The molecule has 0 radical (unpaired) electrons. The Labute approximate surface area is 80.0 Å². The highest BCUT2D eigenvalue weighted by atomic mass is 15.1. The van der Waals surface area contributed by atoms with E-state index in [0.29, 0.717) is 6.04 Å². The maximum Gasteiger partial charge on any atom is 0.0629 e. The van der Waals surface area contributed by atoms with E-state index in [1.54, 1.807) is 0 Å². The Kier molecular flexibility index (Phi) is 1.66. The zero-order chi connectivity index (χ0) is 10.1. The van der Waals surface area contributed by atoms with Crippen molar-refractivity contribution in [3.63, 3.8) is 0 Å². The summed E-state index contributed by atoms with van der Waals surface area (Å²) in [6.45, 7) is 0. The topological polar surface area (TPSA) is 3.24 Å². The first-order valence-electron chi connectivity index (χ1n) is 4.86. The Hall–Kier alpha value is -1.50. The molecule has 0 atom stereocenters. The number of fused-ring (bicyclic) bond motifs is 1. The highest BCUT2D eigenvalue weighted by molar-refractivity contribution is 5.94. The van der Waals surface area contributed by atoms with Gasteiger partial charge in [0.2, 0.25) is 0 Å². The van der Waals surface area contributed by atoms with E-state index in [2.05, 4.69) is 17.0 Å². The lowest BCUT2D eigenvalue weighted by Gasteiger charge is -2.14. The Morgan fingerprint density at radius 3 is 2.69 bits per heavy atom. The highest BCUT2D eigenvalue weighted by Gasteiger charge is 1.99. The van der Waals surface area contributed by atoms with Gasteiger partial charge in [-0.1, -0.05) is 36.4 Å². The highest BCUT2D eigenvalue weighted by Crippen LogP contribution is 2.24. The van der Waals surface area contributed by atoms with Crippen LogP contribution in [0.5, 0.6) is 0 Å². The van der Waals surface area contributed by atoms with E-state index >= 15 is 0 Å². The van der Waals surface area contributed by atoms with Crippen LogP contribution in [0.4, 0.5) is 5.69 Å². The molecule has 0 aliphatic heterocycles. The quantitative estimate of drug-likeness (QED) is 0.639. The van der Waals surface area contributed by atoms with Gasteiger partial charge in [0.15, 0.2) is 0 Å². The molecule has 1 heteroatoms. The van der Waals surface area contributed by atoms with Gasteiger partial charge in [-0.05, 0) is 11.5 Å². The van der Waals surface area contributed by atoms with Crippen LogP contribution in [-0.2, 0) is 0 Å². The summed E-state index contributed by atoms with van der Waals surface area (Å²) >= 11 is 0. The van der Waals surface area contributed by atoms with Crippen LogP contribution in [0.25, 0.3) is 10.8 Å². The summed E-state index contributed by atoms with van der Waals surface area (Å²) in [7, 11) is 4.04. The molecule has 0 aliphatic rings. The van der Waals surface area contributed by atoms with Gasteiger partial charge >= 0.3 is 0 Å². The van der Waals surface area contributed by atoms with Gasteiger partial charge in [0.25, 0.3) is 0 Å². The largest absolute Gasteiger partial charge is 0.377 e. The molecule has 2 rings (SSSR count). The number of rotatable bonds is 1. The van der Waals surface area contributed by atoms with E-state index in [1.807, 2.05) is 38.4 Å². The lowest BCUT2D eigenvalue weighted by Crippen LogP contribution is -2.08. The van der Waals surface area contributed by atoms with Gasteiger partial charge in [-0.3, -0.25) is 0 Å². The minimum Gasteiger partial charge on any atom is -0.377 e. The van der Waals surface area contributed by atoms with Crippen LogP contribution < -0.4 is 4.90 Å². The predicted octanol–water partition coefficient (Wildman–Crippen LogP) is 2.91. The average Bonchev–Trinajstić information content (AvgIpc) is 2.17. The van der Waals surface area contributed by atoms with Gasteiger partial charge < -0.3 is 4.90 Å². The van der Waals surface area contributed by atoms with Gasteiger partial charge in [0.05, 0.1) is 1.37 Å². The minimum atomic E-state index is 0.589. The van der Waals surface area contributed by atoms with Crippen molar-refractivity contribution in [3.8, 4) is 0 Å². The third-order valence-electron chi connectivity index (χ3n) is 2.16. The number of hydrogen-bond acceptors (Lipinski definition) is 1. The normalized spacial score (nSPS) is 11.4. The number of nitrogens with zero attached hydrogens (tertiary/aromatic N) is 1. The van der Waals surface area contributed by atoms with Crippen molar-refractivity contribution < 1.29 is 1.37 Å². The number of hydrogen-bond donors (Lipinski definition) is 0. The summed E-state index contributed by atoms with van der Waals surface area (Å²) in [5.74, 6) is 0. The fourth-order valence-electron chi connectivity index (χ4n) is 1.53. The van der Waals surface area contributed by atoms with Gasteiger partial charge in [-0.25, -0.2) is 0 Å². The summed E-state index contributed by atoms with van der Waals surface area (Å²) in [4.78, 5) is 2.07. The number of benzene rings is 2. The van der Waals surface area contributed by atoms with Crippen LogP contribution >= 0.6 is 0 Å².